The monoisotopic (exact) mass is 398 g/mol. The van der Waals surface area contributed by atoms with Crippen LogP contribution in [0.3, 0.4) is 0 Å². The van der Waals surface area contributed by atoms with Gasteiger partial charge in [-0.2, -0.15) is 9.61 Å². The number of carbonyl (C=O) groups excluding carboxylic acids is 1. The Morgan fingerprint density at radius 3 is 2.78 bits per heavy atom. The van der Waals surface area contributed by atoms with Crippen LogP contribution in [0.5, 0.6) is 5.75 Å². The van der Waals surface area contributed by atoms with Gasteiger partial charge in [0.05, 0.1) is 24.2 Å². The highest BCUT2D eigenvalue weighted by molar-refractivity contribution is 7.19. The number of benzene rings is 1. The summed E-state index contributed by atoms with van der Waals surface area (Å²) in [5, 5.41) is 9.64. The average molecular weight is 398 g/mol. The number of hydrogen-bond acceptors (Lipinski definition) is 7. The summed E-state index contributed by atoms with van der Waals surface area (Å²) in [5.74, 6) is 0.564. The van der Waals surface area contributed by atoms with Crippen molar-refractivity contribution in [3.8, 4) is 16.3 Å². The molecule has 0 bridgehead atoms. The Kier molecular flexibility index (Phi) is 4.69. The molecule has 1 amide bonds. The predicted octanol–water partition coefficient (Wildman–Crippen LogP) is 2.82. The molecule has 1 N–H and O–H groups in total. The Bertz CT molecular complexity index is 1150. The van der Waals surface area contributed by atoms with Gasteiger partial charge in [-0.05, 0) is 35.7 Å². The summed E-state index contributed by atoms with van der Waals surface area (Å²) in [6.45, 7) is 0.179. The molecule has 0 fully saturated rings. The maximum atomic E-state index is 12.4. The first kappa shape index (κ1) is 17.4. The molecule has 0 spiro atoms. The highest BCUT2D eigenvalue weighted by Gasteiger charge is 2.12. The van der Waals surface area contributed by atoms with Gasteiger partial charge >= 0.3 is 0 Å². The average Bonchev–Trinajstić information content (AvgIpc) is 3.36. The Morgan fingerprint density at radius 2 is 2.07 bits per heavy atom. The second-order valence-corrected chi connectivity index (χ2v) is 7.48. The van der Waals surface area contributed by atoms with Crippen LogP contribution in [0.2, 0.25) is 0 Å². The van der Waals surface area contributed by atoms with Crippen molar-refractivity contribution in [2.75, 3.05) is 7.11 Å². The van der Waals surface area contributed by atoms with Crippen molar-refractivity contribution >= 4 is 33.5 Å². The maximum Gasteiger partial charge on any atom is 0.275 e. The Balaban J connectivity index is 1.59. The molecule has 1 aromatic carbocycles. The lowest BCUT2D eigenvalue weighted by molar-refractivity contribution is 0.0954. The number of amides is 1. The zero-order valence-corrected chi connectivity index (χ0v) is 15.8. The van der Waals surface area contributed by atoms with Crippen LogP contribution in [0.15, 0.2) is 52.6 Å². The zero-order chi connectivity index (χ0) is 18.8. The van der Waals surface area contributed by atoms with Gasteiger partial charge in [-0.1, -0.05) is 17.4 Å². The molecule has 4 aromatic rings. The van der Waals surface area contributed by atoms with Gasteiger partial charge in [-0.25, -0.2) is 4.98 Å². The molecule has 0 radical (unpaired) electrons. The lowest BCUT2D eigenvalue weighted by Crippen LogP contribution is -2.24. The third-order valence-electron chi connectivity index (χ3n) is 3.81. The SMILES string of the molecule is COc1ccc(-c2nn3c(=O)cc(CNC(=O)c4cccs4)nc3s2)cc1. The largest absolute Gasteiger partial charge is 0.497 e. The first-order chi connectivity index (χ1) is 13.1. The van der Waals surface area contributed by atoms with Gasteiger partial charge in [-0.15, -0.1) is 11.3 Å². The maximum absolute atomic E-state index is 12.4. The Morgan fingerprint density at radius 1 is 1.26 bits per heavy atom. The summed E-state index contributed by atoms with van der Waals surface area (Å²) >= 11 is 2.67. The molecule has 0 aliphatic carbocycles. The minimum Gasteiger partial charge on any atom is -0.497 e. The van der Waals surface area contributed by atoms with E-state index in [4.69, 9.17) is 4.74 Å². The van der Waals surface area contributed by atoms with E-state index < -0.39 is 0 Å². The zero-order valence-electron chi connectivity index (χ0n) is 14.2. The molecule has 0 atom stereocenters. The summed E-state index contributed by atoms with van der Waals surface area (Å²) in [6.07, 6.45) is 0. The first-order valence-corrected chi connectivity index (χ1v) is 9.69. The number of nitrogens with one attached hydrogen (secondary N) is 1. The molecule has 0 saturated carbocycles. The summed E-state index contributed by atoms with van der Waals surface area (Å²) in [6, 6.07) is 12.4. The molecule has 7 nitrogen and oxygen atoms in total. The molecular formula is C18H14N4O3S2. The molecule has 0 aliphatic rings. The number of thiophene rings is 1. The van der Waals surface area contributed by atoms with Gasteiger partial charge in [0.25, 0.3) is 11.5 Å². The van der Waals surface area contributed by atoms with Crippen LogP contribution in [0, 0.1) is 0 Å². The highest BCUT2D eigenvalue weighted by atomic mass is 32.1. The van der Waals surface area contributed by atoms with E-state index >= 15 is 0 Å². The third kappa shape index (κ3) is 3.60. The lowest BCUT2D eigenvalue weighted by Gasteiger charge is -2.02. The van der Waals surface area contributed by atoms with Gasteiger partial charge in [0, 0.05) is 11.6 Å². The van der Waals surface area contributed by atoms with Gasteiger partial charge in [0.15, 0.2) is 0 Å². The van der Waals surface area contributed by atoms with Crippen molar-refractivity contribution in [3.63, 3.8) is 0 Å². The fourth-order valence-corrected chi connectivity index (χ4v) is 4.03. The Labute approximate surface area is 161 Å². The van der Waals surface area contributed by atoms with E-state index in [1.54, 1.807) is 13.2 Å². The predicted molar refractivity (Wildman–Crippen MR) is 105 cm³/mol. The van der Waals surface area contributed by atoms with E-state index in [0.29, 0.717) is 20.5 Å². The summed E-state index contributed by atoms with van der Waals surface area (Å²) < 4.78 is 6.43. The summed E-state index contributed by atoms with van der Waals surface area (Å²) in [4.78, 5) is 29.9. The topological polar surface area (TPSA) is 85.6 Å². The number of methoxy groups -OCH3 is 1. The quantitative estimate of drug-likeness (QED) is 0.559. The van der Waals surface area contributed by atoms with E-state index in [0.717, 1.165) is 11.3 Å². The number of hydrogen-bond donors (Lipinski definition) is 1. The normalized spacial score (nSPS) is 10.9. The van der Waals surface area contributed by atoms with Gasteiger partial charge < -0.3 is 10.1 Å². The van der Waals surface area contributed by atoms with Crippen molar-refractivity contribution in [1.82, 2.24) is 19.9 Å². The smallest absolute Gasteiger partial charge is 0.275 e. The number of aromatic nitrogens is 3. The van der Waals surface area contributed by atoms with E-state index in [1.165, 1.54) is 33.3 Å². The van der Waals surface area contributed by atoms with Gasteiger partial charge in [0.1, 0.15) is 10.8 Å². The molecule has 0 aliphatic heterocycles. The number of nitrogens with zero attached hydrogens (tertiary/aromatic N) is 3. The van der Waals surface area contributed by atoms with Crippen LogP contribution in [0.1, 0.15) is 15.4 Å². The second kappa shape index (κ2) is 7.29. The van der Waals surface area contributed by atoms with Crippen LogP contribution in [-0.2, 0) is 6.54 Å². The fraction of sp³-hybridized carbons (Fsp3) is 0.111. The fourth-order valence-electron chi connectivity index (χ4n) is 2.46. The van der Waals surface area contributed by atoms with Crippen LogP contribution in [-0.4, -0.2) is 27.6 Å². The number of carbonyl (C=O) groups is 1. The molecule has 27 heavy (non-hydrogen) atoms. The molecule has 136 valence electrons. The van der Waals surface area contributed by atoms with Gasteiger partial charge in [-0.3, -0.25) is 9.59 Å². The summed E-state index contributed by atoms with van der Waals surface area (Å²) in [5.41, 5.74) is 1.09. The van der Waals surface area contributed by atoms with E-state index in [-0.39, 0.29) is 18.0 Å². The molecule has 0 unspecified atom stereocenters. The second-order valence-electron chi connectivity index (χ2n) is 5.58. The van der Waals surface area contributed by atoms with Crippen LogP contribution in [0.4, 0.5) is 0 Å². The van der Waals surface area contributed by atoms with E-state index in [1.807, 2.05) is 35.7 Å². The van der Waals surface area contributed by atoms with Crippen molar-refractivity contribution < 1.29 is 9.53 Å². The number of ether oxygens (including phenoxy) is 1. The lowest BCUT2D eigenvalue weighted by atomic mass is 10.2. The minimum absolute atomic E-state index is 0.179. The Hall–Kier alpha value is -3.04. The van der Waals surface area contributed by atoms with Crippen molar-refractivity contribution in [2.45, 2.75) is 6.54 Å². The molecule has 0 saturated heterocycles. The van der Waals surface area contributed by atoms with Crippen LogP contribution in [0.25, 0.3) is 15.5 Å². The van der Waals surface area contributed by atoms with Crippen molar-refractivity contribution in [1.29, 1.82) is 0 Å². The number of fused-ring (bicyclic) bond motifs is 1. The molecule has 3 aromatic heterocycles. The van der Waals surface area contributed by atoms with Crippen LogP contribution >= 0.6 is 22.7 Å². The van der Waals surface area contributed by atoms with Crippen LogP contribution < -0.4 is 15.6 Å². The third-order valence-corrected chi connectivity index (χ3v) is 5.64. The summed E-state index contributed by atoms with van der Waals surface area (Å²) in [7, 11) is 1.61. The van der Waals surface area contributed by atoms with Crippen molar-refractivity contribution in [3.05, 3.63) is 68.8 Å². The molecule has 9 heteroatoms. The molecule has 3 heterocycles. The van der Waals surface area contributed by atoms with Gasteiger partial charge in [0.2, 0.25) is 4.96 Å². The highest BCUT2D eigenvalue weighted by Crippen LogP contribution is 2.26. The minimum atomic E-state index is -0.281. The molecular weight excluding hydrogens is 384 g/mol. The molecule has 4 rings (SSSR count). The van der Waals surface area contributed by atoms with Crippen molar-refractivity contribution in [2.24, 2.45) is 0 Å². The number of rotatable bonds is 5. The standard InChI is InChI=1S/C18H14N4O3S2/c1-25-13-6-4-11(5-7-13)17-21-22-15(23)9-12(20-18(22)27-17)10-19-16(24)14-3-2-8-26-14/h2-9H,10H2,1H3,(H,19,24). The first-order valence-electron chi connectivity index (χ1n) is 8.00. The van der Waals surface area contributed by atoms with E-state index in [9.17, 15) is 9.59 Å². The van der Waals surface area contributed by atoms with E-state index in [2.05, 4.69) is 15.4 Å².